The number of nitrogens with one attached hydrogen (secondary N) is 10. The molecule has 9 amide bonds. The quantitative estimate of drug-likeness (QED) is 0.0203. The number of imidazole rings is 1. The van der Waals surface area contributed by atoms with Crippen LogP contribution in [0.2, 0.25) is 0 Å². The van der Waals surface area contributed by atoms with Gasteiger partial charge in [-0.2, -0.15) is 25.3 Å². The van der Waals surface area contributed by atoms with Crippen LogP contribution < -0.4 is 53.6 Å². The van der Waals surface area contributed by atoms with Crippen molar-refractivity contribution < 1.29 is 93.3 Å². The van der Waals surface area contributed by atoms with E-state index in [2.05, 4.69) is 83.1 Å². The Kier molecular flexibility index (Phi) is 29.5. The van der Waals surface area contributed by atoms with E-state index in [1.807, 2.05) is 0 Å². The Balaban J connectivity index is 1.52. The summed E-state index contributed by atoms with van der Waals surface area (Å²) in [6.45, 7) is 4.13. The fourth-order valence-electron chi connectivity index (χ4n) is 8.74. The maximum absolute atomic E-state index is 14.4. The van der Waals surface area contributed by atoms with Crippen LogP contribution in [0, 0.1) is 5.92 Å². The van der Waals surface area contributed by atoms with E-state index in [1.54, 1.807) is 0 Å². The van der Waals surface area contributed by atoms with E-state index in [1.165, 1.54) is 99.2 Å². The summed E-state index contributed by atoms with van der Waals surface area (Å²) in [5, 5.41) is 90.4. The highest BCUT2D eigenvalue weighted by Crippen LogP contribution is 2.16. The molecule has 1 aromatic heterocycles. The molecule has 0 unspecified atom stereocenters. The SMILES string of the molecule is CC(C)[C@H](NC(=O)[C@H](Cc1ccc(O)cc1)NC(=O)[C@H](CS)NC(=O)[C@H](Cc1c[nH]cn1)NC(=O)[C@H](CCC(=O)O)NC(=O)[C@@H](N)Cc1ccc(O)cc1)C(=O)N[C@@H](CS)C(=O)N[C@@H](CCC(=O)O)C(=O)N[C@H](C(=O)N[C@H](Cc1ccc(O)cc1)C(=O)O)[C@@H](C)O. The molecular weight excluding hydrogens is 1230 g/mol. The summed E-state index contributed by atoms with van der Waals surface area (Å²) in [4.78, 5) is 168. The van der Waals surface area contributed by atoms with E-state index in [0.717, 1.165) is 6.92 Å². The van der Waals surface area contributed by atoms with Crippen molar-refractivity contribution in [2.45, 2.75) is 139 Å². The van der Waals surface area contributed by atoms with Crippen molar-refractivity contribution in [3.63, 3.8) is 0 Å². The van der Waals surface area contributed by atoms with Gasteiger partial charge in [-0.25, -0.2) is 9.78 Å². The molecule has 0 aliphatic carbocycles. The molecule has 0 saturated carbocycles. The second-order valence-corrected chi connectivity index (χ2v) is 22.2. The summed E-state index contributed by atoms with van der Waals surface area (Å²) in [7, 11) is 0. The lowest BCUT2D eigenvalue weighted by Gasteiger charge is -2.29. The van der Waals surface area contributed by atoms with Gasteiger partial charge in [-0.1, -0.05) is 50.2 Å². The van der Waals surface area contributed by atoms with E-state index >= 15 is 0 Å². The third kappa shape index (κ3) is 24.8. The first-order chi connectivity index (χ1) is 43.0. The van der Waals surface area contributed by atoms with Gasteiger partial charge in [0.1, 0.15) is 71.6 Å². The van der Waals surface area contributed by atoms with Crippen LogP contribution in [-0.2, 0) is 83.2 Å². The third-order valence-electron chi connectivity index (χ3n) is 13.8. The summed E-state index contributed by atoms with van der Waals surface area (Å²) < 4.78 is 0. The van der Waals surface area contributed by atoms with Crippen molar-refractivity contribution >= 4 is 96.3 Å². The second-order valence-electron chi connectivity index (χ2n) is 21.4. The first kappa shape index (κ1) is 74.0. The Bertz CT molecular complexity index is 3160. The van der Waals surface area contributed by atoms with E-state index in [4.69, 9.17) is 5.73 Å². The molecule has 4 rings (SSSR count). The lowest BCUT2D eigenvalue weighted by atomic mass is 10.00. The highest BCUT2D eigenvalue weighted by atomic mass is 32.1. The molecule has 4 aromatic rings. The highest BCUT2D eigenvalue weighted by Gasteiger charge is 2.37. The molecule has 11 atom stereocenters. The first-order valence-electron chi connectivity index (χ1n) is 28.3. The third-order valence-corrected chi connectivity index (χ3v) is 14.6. The number of aromatic amines is 1. The number of amides is 9. The topological polar surface area (TPSA) is 509 Å². The molecule has 91 heavy (non-hydrogen) atoms. The fourth-order valence-corrected chi connectivity index (χ4v) is 9.26. The monoisotopic (exact) mass is 1310 g/mol. The second kappa shape index (κ2) is 36.3. The summed E-state index contributed by atoms with van der Waals surface area (Å²) in [6, 6.07) is 0.764. The minimum Gasteiger partial charge on any atom is -0.508 e. The molecule has 0 aliphatic heterocycles. The van der Waals surface area contributed by atoms with Gasteiger partial charge in [0.15, 0.2) is 0 Å². The molecule has 0 fully saturated rings. The molecular formula is C58H76N12O19S2. The minimum atomic E-state index is -1.86. The van der Waals surface area contributed by atoms with Crippen LogP contribution in [0.15, 0.2) is 85.3 Å². The number of aromatic hydroxyl groups is 3. The number of benzene rings is 3. The van der Waals surface area contributed by atoms with Gasteiger partial charge in [0.25, 0.3) is 0 Å². The average Bonchev–Trinajstić information content (AvgIpc) is 1.44. The van der Waals surface area contributed by atoms with E-state index in [9.17, 15) is 93.3 Å². The van der Waals surface area contributed by atoms with Gasteiger partial charge in [0.05, 0.1) is 24.2 Å². The molecule has 494 valence electrons. The van der Waals surface area contributed by atoms with Crippen LogP contribution >= 0.6 is 25.3 Å². The summed E-state index contributed by atoms with van der Waals surface area (Å²) in [5.41, 5.74) is 7.68. The van der Waals surface area contributed by atoms with Gasteiger partial charge in [0, 0.05) is 49.8 Å². The number of nitrogens with zero attached hydrogens (tertiary/aromatic N) is 1. The van der Waals surface area contributed by atoms with E-state index < -0.39 is 181 Å². The van der Waals surface area contributed by atoms with Crippen LogP contribution in [0.5, 0.6) is 17.2 Å². The normalized spacial score (nSPS) is 14.7. The molecule has 0 bridgehead atoms. The van der Waals surface area contributed by atoms with Crippen molar-refractivity contribution in [1.82, 2.24) is 57.8 Å². The molecule has 0 radical (unpaired) electrons. The molecule has 19 N–H and O–H groups in total. The number of H-pyrrole nitrogens is 1. The average molecular weight is 1310 g/mol. The Morgan fingerprint density at radius 1 is 0.451 bits per heavy atom. The number of aromatic nitrogens is 2. The number of carboxylic acids is 3. The molecule has 33 heteroatoms. The number of carboxylic acid groups (broad SMARTS) is 3. The van der Waals surface area contributed by atoms with Gasteiger partial charge < -0.3 is 94.3 Å². The number of carbonyl (C=O) groups is 12. The summed E-state index contributed by atoms with van der Waals surface area (Å²) in [6.07, 6.45) is -2.36. The number of nitrogens with two attached hydrogens (primary N) is 1. The number of carbonyl (C=O) groups excluding carboxylic acids is 9. The highest BCUT2D eigenvalue weighted by molar-refractivity contribution is 7.80. The van der Waals surface area contributed by atoms with Gasteiger partial charge in [0.2, 0.25) is 53.2 Å². The fraction of sp³-hybridized carbons (Fsp3) is 0.431. The van der Waals surface area contributed by atoms with Crippen LogP contribution in [-0.4, -0.2) is 195 Å². The standard InChI is InChI=1S/C58H76N12O19S2/c1-28(2)47(56(86)68-44(26-91)54(84)63-39(17-19-46(77)78)51(81)70-48(29(3)71)57(87)66-42(58(88)89)22-32-8-14-36(74)15-9-32)69-53(83)40(21-31-6-12-35(73)13-7-31)64-55(85)43(25-90)67-52(82)41(23-33-24-60-27-61-33)65-50(80)38(16-18-45(75)76)62-49(79)37(59)20-30-4-10-34(72)11-5-30/h4-15,24,27-29,37-44,47-48,71-74,90-91H,16-23,25-26,59H2,1-3H3,(H,60,61)(H,62,79)(H,63,84)(H,64,85)(H,65,80)(H,66,87)(H,67,82)(H,68,86)(H,69,83)(H,70,81)(H,75,76)(H,77,78)(H,88,89)/t29-,37+,38+,39+,40+,41+,42-,43+,44+,47+,48+/m1/s1. The zero-order valence-electron chi connectivity index (χ0n) is 49.5. The maximum atomic E-state index is 14.4. The number of phenols is 3. The summed E-state index contributed by atoms with van der Waals surface area (Å²) in [5.74, 6) is -15.6. The van der Waals surface area contributed by atoms with Crippen LogP contribution in [0.3, 0.4) is 0 Å². The number of hydrogen-bond donors (Lipinski definition) is 20. The molecule has 0 saturated heterocycles. The summed E-state index contributed by atoms with van der Waals surface area (Å²) >= 11 is 8.47. The molecule has 0 aliphatic rings. The number of phenolic OH excluding ortho intramolecular Hbond substituents is 3. The Hall–Kier alpha value is -9.47. The number of aliphatic hydroxyl groups is 1. The predicted octanol–water partition coefficient (Wildman–Crippen LogP) is -2.80. The molecule has 3 aromatic carbocycles. The predicted molar refractivity (Wildman–Crippen MR) is 329 cm³/mol. The Morgan fingerprint density at radius 2 is 0.791 bits per heavy atom. The Labute approximate surface area is 532 Å². The maximum Gasteiger partial charge on any atom is 0.326 e. The van der Waals surface area contributed by atoms with E-state index in [-0.39, 0.29) is 48.6 Å². The van der Waals surface area contributed by atoms with Crippen LogP contribution in [0.25, 0.3) is 0 Å². The molecule has 0 spiro atoms. The van der Waals surface area contributed by atoms with Crippen molar-refractivity contribution in [1.29, 1.82) is 0 Å². The Morgan fingerprint density at radius 3 is 1.21 bits per heavy atom. The smallest absolute Gasteiger partial charge is 0.326 e. The lowest BCUT2D eigenvalue weighted by molar-refractivity contribution is -0.143. The minimum absolute atomic E-state index is 0.0352. The van der Waals surface area contributed by atoms with Crippen molar-refractivity contribution in [3.05, 3.63) is 108 Å². The molecule has 1 heterocycles. The van der Waals surface area contributed by atoms with Gasteiger partial charge in [-0.15, -0.1) is 0 Å². The van der Waals surface area contributed by atoms with Crippen molar-refractivity contribution in [3.8, 4) is 17.2 Å². The number of rotatable bonds is 37. The van der Waals surface area contributed by atoms with Crippen molar-refractivity contribution in [2.24, 2.45) is 11.7 Å². The van der Waals surface area contributed by atoms with Crippen LogP contribution in [0.1, 0.15) is 68.8 Å². The number of thiol groups is 2. The largest absolute Gasteiger partial charge is 0.508 e. The zero-order valence-corrected chi connectivity index (χ0v) is 51.3. The number of hydrogen-bond acceptors (Lipinski definition) is 20. The van der Waals surface area contributed by atoms with Crippen molar-refractivity contribution in [2.75, 3.05) is 11.5 Å². The lowest BCUT2D eigenvalue weighted by Crippen LogP contribution is -2.62. The zero-order chi connectivity index (χ0) is 67.6. The van der Waals surface area contributed by atoms with Gasteiger partial charge in [-0.3, -0.25) is 52.7 Å². The number of aliphatic carboxylic acids is 3. The van der Waals surface area contributed by atoms with Gasteiger partial charge in [-0.05, 0) is 85.2 Å². The first-order valence-corrected chi connectivity index (χ1v) is 29.6. The molecule has 31 nitrogen and oxygen atoms in total. The van der Waals surface area contributed by atoms with Crippen LogP contribution in [0.4, 0.5) is 0 Å². The number of aliphatic hydroxyl groups excluding tert-OH is 1. The van der Waals surface area contributed by atoms with Gasteiger partial charge >= 0.3 is 17.9 Å². The van der Waals surface area contributed by atoms with E-state index in [0.29, 0.717) is 16.7 Å².